The van der Waals surface area contributed by atoms with Crippen molar-refractivity contribution >= 4 is 17.0 Å². The summed E-state index contributed by atoms with van der Waals surface area (Å²) in [5.41, 5.74) is 0.885. The first kappa shape index (κ1) is 13.1. The van der Waals surface area contributed by atoms with Crippen molar-refractivity contribution in [1.82, 2.24) is 5.32 Å². The lowest BCUT2D eigenvalue weighted by Crippen LogP contribution is -2.34. The molecule has 0 aliphatic rings. The van der Waals surface area contributed by atoms with E-state index in [9.17, 15) is 4.79 Å². The van der Waals surface area contributed by atoms with E-state index in [2.05, 4.69) is 11.9 Å². The van der Waals surface area contributed by atoms with E-state index in [1.165, 1.54) is 0 Å². The summed E-state index contributed by atoms with van der Waals surface area (Å²) in [7, 11) is 0. The number of benzene rings is 1. The maximum absolute atomic E-state index is 11.6. The minimum Gasteiger partial charge on any atom is -0.403 e. The van der Waals surface area contributed by atoms with Crippen molar-refractivity contribution in [2.45, 2.75) is 13.5 Å². The molecule has 0 aliphatic heterocycles. The number of aromatic nitrogens is 1. The van der Waals surface area contributed by atoms with E-state index >= 15 is 0 Å². The largest absolute Gasteiger partial charge is 0.412 e. The molecule has 0 atom stereocenters. The fourth-order valence-electron chi connectivity index (χ4n) is 1.96. The van der Waals surface area contributed by atoms with E-state index in [1.54, 1.807) is 6.07 Å². The number of hydrogen-bond donors (Lipinski definition) is 1. The maximum atomic E-state index is 11.6. The molecular weight excluding hydrogens is 240 g/mol. The lowest BCUT2D eigenvalue weighted by molar-refractivity contribution is -0.661. The molecule has 4 nitrogen and oxygen atoms in total. The zero-order valence-corrected chi connectivity index (χ0v) is 10.9. The van der Waals surface area contributed by atoms with Crippen LogP contribution in [-0.4, -0.2) is 12.6 Å². The highest BCUT2D eigenvalue weighted by Gasteiger charge is 2.15. The summed E-state index contributed by atoms with van der Waals surface area (Å²) in [5.74, 6) is 0.547. The Hall–Kier alpha value is -2.36. The lowest BCUT2D eigenvalue weighted by Gasteiger charge is -2.07. The summed E-state index contributed by atoms with van der Waals surface area (Å²) in [6.45, 7) is 6.79. The molecule has 0 saturated heterocycles. The van der Waals surface area contributed by atoms with E-state index < -0.39 is 6.09 Å². The summed E-state index contributed by atoms with van der Waals surface area (Å²) in [6, 6.07) is 9.59. The number of allylic oxidation sites excluding steroid dienone is 1. The molecule has 0 saturated carbocycles. The van der Waals surface area contributed by atoms with Gasteiger partial charge in [0.05, 0.1) is 5.39 Å². The molecule has 1 aromatic heterocycles. The SMILES string of the molecule is C=CC[n+]1cccc2cccc(OC(=O)NCC)c21. The number of nitrogens with one attached hydrogen (secondary N) is 1. The van der Waals surface area contributed by atoms with Crippen LogP contribution in [-0.2, 0) is 6.54 Å². The van der Waals surface area contributed by atoms with Crippen LogP contribution in [0.5, 0.6) is 5.75 Å². The molecule has 0 spiro atoms. The normalized spacial score (nSPS) is 10.2. The third-order valence-electron chi connectivity index (χ3n) is 2.71. The van der Waals surface area contributed by atoms with Gasteiger partial charge in [-0.25, -0.2) is 4.79 Å². The van der Waals surface area contributed by atoms with Gasteiger partial charge in [-0.1, -0.05) is 12.6 Å². The van der Waals surface area contributed by atoms with E-state index in [1.807, 2.05) is 48.0 Å². The third kappa shape index (κ3) is 2.91. The van der Waals surface area contributed by atoms with Gasteiger partial charge in [-0.3, -0.25) is 0 Å². The Balaban J connectivity index is 2.47. The van der Waals surface area contributed by atoms with Gasteiger partial charge >= 0.3 is 6.09 Å². The molecule has 1 aromatic carbocycles. The van der Waals surface area contributed by atoms with Crippen molar-refractivity contribution in [3.05, 3.63) is 49.2 Å². The van der Waals surface area contributed by atoms with Gasteiger partial charge < -0.3 is 10.1 Å². The molecular formula is C15H17N2O2+. The quantitative estimate of drug-likeness (QED) is 0.675. The molecule has 1 amide bonds. The third-order valence-corrected chi connectivity index (χ3v) is 2.71. The summed E-state index contributed by atoms with van der Waals surface area (Å²) in [6.07, 6.45) is 3.31. The number of amides is 1. The molecule has 19 heavy (non-hydrogen) atoms. The fourth-order valence-corrected chi connectivity index (χ4v) is 1.96. The van der Waals surface area contributed by atoms with E-state index in [-0.39, 0.29) is 0 Å². The number of nitrogens with zero attached hydrogens (tertiary/aromatic N) is 1. The van der Waals surface area contributed by atoms with E-state index in [4.69, 9.17) is 4.74 Å². The minimum atomic E-state index is -0.441. The lowest BCUT2D eigenvalue weighted by atomic mass is 10.2. The number of hydrogen-bond acceptors (Lipinski definition) is 2. The van der Waals surface area contributed by atoms with Gasteiger partial charge in [-0.15, -0.1) is 0 Å². The van der Waals surface area contributed by atoms with Crippen molar-refractivity contribution in [2.75, 3.05) is 6.54 Å². The molecule has 1 N–H and O–H groups in total. The minimum absolute atomic E-state index is 0.441. The Morgan fingerprint density at radius 2 is 2.21 bits per heavy atom. The smallest absolute Gasteiger partial charge is 0.403 e. The molecule has 4 heteroatoms. The van der Waals surface area contributed by atoms with Crippen molar-refractivity contribution in [3.63, 3.8) is 0 Å². The summed E-state index contributed by atoms with van der Waals surface area (Å²) in [4.78, 5) is 11.6. The van der Waals surface area contributed by atoms with Gasteiger partial charge in [0.2, 0.25) is 5.75 Å². The second-order valence-corrected chi connectivity index (χ2v) is 4.06. The predicted octanol–water partition coefficient (Wildman–Crippen LogP) is 2.42. The number of fused-ring (bicyclic) bond motifs is 1. The summed E-state index contributed by atoms with van der Waals surface area (Å²) >= 11 is 0. The first-order valence-corrected chi connectivity index (χ1v) is 6.24. The van der Waals surface area contributed by atoms with Crippen LogP contribution in [0.3, 0.4) is 0 Å². The van der Waals surface area contributed by atoms with Crippen molar-refractivity contribution in [2.24, 2.45) is 0 Å². The maximum Gasteiger partial charge on any atom is 0.412 e. The Morgan fingerprint density at radius 1 is 1.42 bits per heavy atom. The number of pyridine rings is 1. The monoisotopic (exact) mass is 257 g/mol. The van der Waals surface area contributed by atoms with Crippen LogP contribution in [0, 0.1) is 0 Å². The molecule has 0 aliphatic carbocycles. The van der Waals surface area contributed by atoms with Gasteiger partial charge in [0, 0.05) is 12.6 Å². The van der Waals surface area contributed by atoms with Crippen LogP contribution in [0.1, 0.15) is 6.92 Å². The fraction of sp³-hybridized carbons (Fsp3) is 0.200. The Kier molecular flexibility index (Phi) is 4.13. The standard InChI is InChI=1S/C15H16N2O2/c1-3-10-17-11-6-8-12-7-5-9-13(14(12)17)19-15(18)16-4-2/h3,5-9,11H,1,4,10H2,2H3/p+1. The number of para-hydroxylation sites is 1. The van der Waals surface area contributed by atoms with Crippen LogP contribution in [0.25, 0.3) is 10.9 Å². The number of carbonyl (C=O) groups excluding carboxylic acids is 1. The Bertz CT molecular complexity index is 603. The van der Waals surface area contributed by atoms with Gasteiger partial charge in [0.1, 0.15) is 0 Å². The van der Waals surface area contributed by atoms with Crippen molar-refractivity contribution in [1.29, 1.82) is 0 Å². The highest BCUT2D eigenvalue weighted by molar-refractivity contribution is 5.84. The van der Waals surface area contributed by atoms with Crippen LogP contribution >= 0.6 is 0 Å². The average molecular weight is 257 g/mol. The van der Waals surface area contributed by atoms with Crippen LogP contribution in [0.2, 0.25) is 0 Å². The van der Waals surface area contributed by atoms with E-state index in [0.29, 0.717) is 18.8 Å². The second-order valence-electron chi connectivity index (χ2n) is 4.06. The molecule has 0 radical (unpaired) electrons. The van der Waals surface area contributed by atoms with Crippen LogP contribution < -0.4 is 14.6 Å². The molecule has 1 heterocycles. The average Bonchev–Trinajstić information content (AvgIpc) is 2.40. The van der Waals surface area contributed by atoms with Crippen LogP contribution in [0.15, 0.2) is 49.2 Å². The Labute approximate surface area is 112 Å². The predicted molar refractivity (Wildman–Crippen MR) is 74.0 cm³/mol. The van der Waals surface area contributed by atoms with Gasteiger partial charge in [0.25, 0.3) is 5.52 Å². The first-order chi connectivity index (χ1) is 9.26. The summed E-state index contributed by atoms with van der Waals surface area (Å²) in [5, 5.41) is 3.64. The molecule has 0 fully saturated rings. The molecule has 98 valence electrons. The first-order valence-electron chi connectivity index (χ1n) is 6.24. The zero-order valence-electron chi connectivity index (χ0n) is 10.9. The van der Waals surface area contributed by atoms with Crippen LogP contribution in [0.4, 0.5) is 4.79 Å². The van der Waals surface area contributed by atoms with E-state index in [0.717, 1.165) is 10.9 Å². The topological polar surface area (TPSA) is 42.2 Å². The molecule has 0 bridgehead atoms. The number of rotatable bonds is 4. The number of carbonyl (C=O) groups is 1. The van der Waals surface area contributed by atoms with Gasteiger partial charge in [-0.2, -0.15) is 4.57 Å². The van der Waals surface area contributed by atoms with Crippen molar-refractivity contribution in [3.8, 4) is 5.75 Å². The second kappa shape index (κ2) is 6.00. The molecule has 2 rings (SSSR count). The highest BCUT2D eigenvalue weighted by Crippen LogP contribution is 2.22. The number of ether oxygens (including phenoxy) is 1. The summed E-state index contributed by atoms with van der Waals surface area (Å²) < 4.78 is 7.35. The van der Waals surface area contributed by atoms with Crippen molar-refractivity contribution < 1.29 is 14.1 Å². The zero-order chi connectivity index (χ0) is 13.7. The molecule has 0 unspecified atom stereocenters. The molecule has 2 aromatic rings. The van der Waals surface area contributed by atoms with Gasteiger partial charge in [-0.05, 0) is 31.2 Å². The highest BCUT2D eigenvalue weighted by atomic mass is 16.6. The van der Waals surface area contributed by atoms with Gasteiger partial charge in [0.15, 0.2) is 12.7 Å². The Morgan fingerprint density at radius 3 is 2.95 bits per heavy atom.